The van der Waals surface area contributed by atoms with Crippen molar-refractivity contribution < 1.29 is 4.74 Å². The number of nitrogens with zero attached hydrogens (tertiary/aromatic N) is 6. The summed E-state index contributed by atoms with van der Waals surface area (Å²) in [5.41, 5.74) is 2.26. The van der Waals surface area contributed by atoms with E-state index < -0.39 is 0 Å². The molecule has 0 aliphatic carbocycles. The van der Waals surface area contributed by atoms with Crippen molar-refractivity contribution in [3.8, 4) is 0 Å². The van der Waals surface area contributed by atoms with E-state index in [1.807, 2.05) is 0 Å². The van der Waals surface area contributed by atoms with Crippen molar-refractivity contribution >= 4 is 23.1 Å². The van der Waals surface area contributed by atoms with Gasteiger partial charge in [0.25, 0.3) is 0 Å². The molecule has 2 aromatic rings. The highest BCUT2D eigenvalue weighted by Crippen LogP contribution is 2.22. The number of anilines is 4. The molecule has 1 aromatic heterocycles. The molecule has 2 aliphatic rings. The van der Waals surface area contributed by atoms with Crippen molar-refractivity contribution in [2.75, 3.05) is 74.6 Å². The first kappa shape index (κ1) is 17.0. The van der Waals surface area contributed by atoms with Gasteiger partial charge in [-0.3, -0.25) is 0 Å². The standard InChI is InChI=1S/C18H25N7O/c1-23-6-8-24(9-7-23)16-4-2-15(3-5-16)20-17-14-19-22-18(21-17)25-10-12-26-13-11-25/h2-5,14H,6-13H2,1H3,(H,20,21,22). The maximum Gasteiger partial charge on any atom is 0.247 e. The van der Waals surface area contributed by atoms with Gasteiger partial charge in [-0.1, -0.05) is 0 Å². The molecule has 0 atom stereocenters. The molecule has 1 N–H and O–H groups in total. The summed E-state index contributed by atoms with van der Waals surface area (Å²) >= 11 is 0. The number of hydrogen-bond donors (Lipinski definition) is 1. The normalized spacial score (nSPS) is 18.8. The summed E-state index contributed by atoms with van der Waals surface area (Å²) in [6, 6.07) is 8.49. The van der Waals surface area contributed by atoms with Crippen LogP contribution in [0.25, 0.3) is 0 Å². The second-order valence-corrected chi connectivity index (χ2v) is 6.70. The molecule has 26 heavy (non-hydrogen) atoms. The van der Waals surface area contributed by atoms with Gasteiger partial charge in [0.1, 0.15) is 0 Å². The Labute approximate surface area is 153 Å². The molecule has 8 heteroatoms. The Morgan fingerprint density at radius 2 is 1.65 bits per heavy atom. The van der Waals surface area contributed by atoms with Crippen LogP contribution in [-0.2, 0) is 4.74 Å². The fourth-order valence-corrected chi connectivity index (χ4v) is 3.22. The molecule has 0 amide bonds. The van der Waals surface area contributed by atoms with Crippen LogP contribution in [0.1, 0.15) is 0 Å². The van der Waals surface area contributed by atoms with Crippen molar-refractivity contribution in [3.05, 3.63) is 30.5 Å². The molecule has 0 unspecified atom stereocenters. The third-order valence-corrected chi connectivity index (χ3v) is 4.85. The molecule has 0 saturated carbocycles. The Balaban J connectivity index is 1.41. The van der Waals surface area contributed by atoms with Gasteiger partial charge in [-0.05, 0) is 31.3 Å². The molecule has 138 valence electrons. The fraction of sp³-hybridized carbons (Fsp3) is 0.500. The predicted molar refractivity (Wildman–Crippen MR) is 102 cm³/mol. The molecule has 3 heterocycles. The van der Waals surface area contributed by atoms with Crippen LogP contribution in [0.3, 0.4) is 0 Å². The first-order valence-corrected chi connectivity index (χ1v) is 9.11. The van der Waals surface area contributed by atoms with Crippen LogP contribution in [-0.4, -0.2) is 79.6 Å². The zero-order valence-electron chi connectivity index (χ0n) is 15.1. The Kier molecular flexibility index (Phi) is 5.12. The summed E-state index contributed by atoms with van der Waals surface area (Å²) in [5, 5.41) is 11.6. The Morgan fingerprint density at radius 3 is 2.38 bits per heavy atom. The van der Waals surface area contributed by atoms with E-state index in [2.05, 4.69) is 66.5 Å². The highest BCUT2D eigenvalue weighted by atomic mass is 16.5. The lowest BCUT2D eigenvalue weighted by Gasteiger charge is -2.34. The number of nitrogens with one attached hydrogen (secondary N) is 1. The SMILES string of the molecule is CN1CCN(c2ccc(Nc3cnnc(N4CCOCC4)n3)cc2)CC1. The van der Waals surface area contributed by atoms with Gasteiger partial charge in [0.05, 0.1) is 19.4 Å². The second kappa shape index (κ2) is 7.84. The van der Waals surface area contributed by atoms with Crippen LogP contribution in [0.15, 0.2) is 30.5 Å². The van der Waals surface area contributed by atoms with Gasteiger partial charge in [0.15, 0.2) is 5.82 Å². The third kappa shape index (κ3) is 4.03. The summed E-state index contributed by atoms with van der Waals surface area (Å²) in [4.78, 5) is 11.5. The Bertz CT molecular complexity index is 710. The number of aromatic nitrogens is 3. The molecule has 8 nitrogen and oxygen atoms in total. The van der Waals surface area contributed by atoms with Gasteiger partial charge in [-0.2, -0.15) is 10.1 Å². The minimum absolute atomic E-state index is 0.646. The van der Waals surface area contributed by atoms with E-state index in [0.717, 1.165) is 45.0 Å². The summed E-state index contributed by atoms with van der Waals surface area (Å²) < 4.78 is 5.37. The van der Waals surface area contributed by atoms with Crippen molar-refractivity contribution in [3.63, 3.8) is 0 Å². The average molecular weight is 355 g/mol. The lowest BCUT2D eigenvalue weighted by atomic mass is 10.2. The molecule has 1 aromatic carbocycles. The largest absolute Gasteiger partial charge is 0.378 e. The van der Waals surface area contributed by atoms with Gasteiger partial charge in [-0.15, -0.1) is 5.10 Å². The second-order valence-electron chi connectivity index (χ2n) is 6.70. The van der Waals surface area contributed by atoms with E-state index in [0.29, 0.717) is 25.0 Å². The van der Waals surface area contributed by atoms with Gasteiger partial charge >= 0.3 is 0 Å². The average Bonchev–Trinajstić information content (AvgIpc) is 2.70. The quantitative estimate of drug-likeness (QED) is 0.878. The van der Waals surface area contributed by atoms with Gasteiger partial charge < -0.3 is 24.8 Å². The zero-order chi connectivity index (χ0) is 17.8. The monoisotopic (exact) mass is 355 g/mol. The molecular formula is C18H25N7O. The van der Waals surface area contributed by atoms with E-state index in [1.165, 1.54) is 5.69 Å². The van der Waals surface area contributed by atoms with Crippen LogP contribution in [0.5, 0.6) is 0 Å². The lowest BCUT2D eigenvalue weighted by Crippen LogP contribution is -2.44. The first-order valence-electron chi connectivity index (χ1n) is 9.11. The summed E-state index contributed by atoms with van der Waals surface area (Å²) in [6.07, 6.45) is 1.65. The Hall–Kier alpha value is -2.45. The van der Waals surface area contributed by atoms with Gasteiger partial charge in [-0.25, -0.2) is 0 Å². The van der Waals surface area contributed by atoms with Gasteiger partial charge in [0.2, 0.25) is 5.95 Å². The smallest absolute Gasteiger partial charge is 0.247 e. The van der Waals surface area contributed by atoms with E-state index in [-0.39, 0.29) is 0 Å². The number of likely N-dealkylation sites (N-methyl/N-ethyl adjacent to an activating group) is 1. The molecule has 0 spiro atoms. The van der Waals surface area contributed by atoms with E-state index in [9.17, 15) is 0 Å². The number of morpholine rings is 1. The van der Waals surface area contributed by atoms with Crippen molar-refractivity contribution in [2.24, 2.45) is 0 Å². The van der Waals surface area contributed by atoms with E-state index in [4.69, 9.17) is 4.74 Å². The van der Waals surface area contributed by atoms with Gasteiger partial charge in [0, 0.05) is 50.6 Å². The molecule has 0 radical (unpaired) electrons. The molecule has 2 fully saturated rings. The van der Waals surface area contributed by atoms with E-state index >= 15 is 0 Å². The van der Waals surface area contributed by atoms with Crippen LogP contribution in [0, 0.1) is 0 Å². The van der Waals surface area contributed by atoms with Crippen LogP contribution in [0.2, 0.25) is 0 Å². The zero-order valence-corrected chi connectivity index (χ0v) is 15.1. The topological polar surface area (TPSA) is 69.7 Å². The van der Waals surface area contributed by atoms with E-state index in [1.54, 1.807) is 6.20 Å². The lowest BCUT2D eigenvalue weighted by molar-refractivity contribution is 0.122. The summed E-state index contributed by atoms with van der Waals surface area (Å²) in [6.45, 7) is 7.36. The molecule has 4 rings (SSSR count). The maximum absolute atomic E-state index is 5.37. The first-order chi connectivity index (χ1) is 12.8. The summed E-state index contributed by atoms with van der Waals surface area (Å²) in [5.74, 6) is 1.35. The van der Waals surface area contributed by atoms with Crippen molar-refractivity contribution in [2.45, 2.75) is 0 Å². The number of rotatable bonds is 4. The van der Waals surface area contributed by atoms with Crippen LogP contribution >= 0.6 is 0 Å². The molecule has 2 aliphatic heterocycles. The minimum atomic E-state index is 0.646. The minimum Gasteiger partial charge on any atom is -0.378 e. The Morgan fingerprint density at radius 1 is 0.923 bits per heavy atom. The molecule has 2 saturated heterocycles. The highest BCUT2D eigenvalue weighted by Gasteiger charge is 2.15. The predicted octanol–water partition coefficient (Wildman–Crippen LogP) is 1.20. The van der Waals surface area contributed by atoms with Crippen LogP contribution in [0.4, 0.5) is 23.1 Å². The fourth-order valence-electron chi connectivity index (χ4n) is 3.22. The number of ether oxygens (including phenoxy) is 1. The highest BCUT2D eigenvalue weighted by molar-refractivity contribution is 5.61. The number of benzene rings is 1. The molecular weight excluding hydrogens is 330 g/mol. The number of hydrogen-bond acceptors (Lipinski definition) is 8. The summed E-state index contributed by atoms with van der Waals surface area (Å²) in [7, 11) is 2.17. The van der Waals surface area contributed by atoms with Crippen molar-refractivity contribution in [1.29, 1.82) is 0 Å². The number of piperazine rings is 1. The third-order valence-electron chi connectivity index (χ3n) is 4.85. The molecule has 0 bridgehead atoms. The van der Waals surface area contributed by atoms with Crippen LogP contribution < -0.4 is 15.1 Å². The maximum atomic E-state index is 5.37. The van der Waals surface area contributed by atoms with Crippen molar-refractivity contribution in [1.82, 2.24) is 20.1 Å².